The number of thioether (sulfide) groups is 2. The van der Waals surface area contributed by atoms with Gasteiger partial charge in [0.15, 0.2) is 25.5 Å². The Bertz CT molecular complexity index is 3690. The molecule has 8 aromatic rings. The summed E-state index contributed by atoms with van der Waals surface area (Å²) >= 11 is 8.85. The fraction of sp³-hybridized carbons (Fsp3) is 0.200. The molecule has 6 heterocycles. The molecular weight excluding hydrogens is 1000 g/mol. The van der Waals surface area contributed by atoms with Crippen LogP contribution in [0.5, 0.6) is 5.75 Å². The molecule has 0 spiro atoms. The Morgan fingerprint density at radius 2 is 1.39 bits per heavy atom. The highest BCUT2D eigenvalue weighted by Crippen LogP contribution is 2.52. The van der Waals surface area contributed by atoms with Gasteiger partial charge < -0.3 is 14.5 Å². The highest BCUT2D eigenvalue weighted by atomic mass is 32.2. The van der Waals surface area contributed by atoms with Gasteiger partial charge in [-0.2, -0.15) is 9.13 Å². The lowest BCUT2D eigenvalue weighted by Gasteiger charge is -2.14. The van der Waals surface area contributed by atoms with Gasteiger partial charge in [-0.1, -0.05) is 107 Å². The van der Waals surface area contributed by atoms with Crippen molar-refractivity contribution in [2.45, 2.75) is 61.1 Å². The number of alkyl halides is 3. The number of hydrogen-bond donors (Lipinski definition) is 0. The highest BCUT2D eigenvalue weighted by Gasteiger charge is 2.45. The van der Waals surface area contributed by atoms with Crippen molar-refractivity contribution in [2.24, 2.45) is 0 Å². The maximum absolute atomic E-state index is 15.0. The molecule has 350 valence electrons. The average molecular weight is 1040 g/mol. The van der Waals surface area contributed by atoms with E-state index in [2.05, 4.69) is 68.1 Å². The number of hydrogen-bond acceptors (Lipinski definition) is 11. The van der Waals surface area contributed by atoms with Crippen molar-refractivity contribution in [1.82, 2.24) is 9.13 Å². The second-order valence-electron chi connectivity index (χ2n) is 16.6. The normalized spacial score (nSPS) is 18.7. The lowest BCUT2D eigenvalue weighted by atomic mass is 10.2. The molecule has 4 aromatic heterocycles. The van der Waals surface area contributed by atoms with Crippen LogP contribution in [0.3, 0.4) is 0 Å². The van der Waals surface area contributed by atoms with E-state index in [4.69, 9.17) is 0 Å². The van der Waals surface area contributed by atoms with Gasteiger partial charge in [0.05, 0.1) is 33.8 Å². The maximum atomic E-state index is 15.0. The quantitative estimate of drug-likeness (QED) is 0.102. The fourth-order valence-corrected chi connectivity index (χ4v) is 15.8. The van der Waals surface area contributed by atoms with Crippen LogP contribution in [0.1, 0.15) is 51.3 Å². The van der Waals surface area contributed by atoms with Gasteiger partial charge in [-0.3, -0.25) is 18.7 Å². The predicted molar refractivity (Wildman–Crippen MR) is 270 cm³/mol. The van der Waals surface area contributed by atoms with Gasteiger partial charge in [-0.25, -0.2) is 4.39 Å². The highest BCUT2D eigenvalue weighted by molar-refractivity contribution is 8.09. The Kier molecular flexibility index (Phi) is 12.1. The van der Waals surface area contributed by atoms with E-state index in [0.29, 0.717) is 39.4 Å². The minimum atomic E-state index is -4.83. The molecule has 2 atom stereocenters. The minimum absolute atomic E-state index is 0.0348. The molecule has 3 aliphatic rings. The number of nitrogens with zero attached hydrogens (tertiary/aromatic N) is 6. The summed E-state index contributed by atoms with van der Waals surface area (Å²) < 4.78 is 68.7. The Labute approximate surface area is 416 Å². The fourth-order valence-electron chi connectivity index (χ4n) is 8.71. The molecule has 69 heavy (non-hydrogen) atoms. The second kappa shape index (κ2) is 18.2. The van der Waals surface area contributed by atoms with Crippen LogP contribution in [0.4, 0.5) is 28.9 Å². The van der Waals surface area contributed by atoms with Crippen LogP contribution in [-0.4, -0.2) is 29.6 Å². The number of halogens is 4. The van der Waals surface area contributed by atoms with Gasteiger partial charge >= 0.3 is 6.36 Å². The van der Waals surface area contributed by atoms with Crippen molar-refractivity contribution in [2.75, 3.05) is 23.9 Å². The van der Waals surface area contributed by atoms with Gasteiger partial charge in [0, 0.05) is 59.6 Å². The summed E-state index contributed by atoms with van der Waals surface area (Å²) in [6, 6.07) is 29.2. The third kappa shape index (κ3) is 8.93. The van der Waals surface area contributed by atoms with Crippen molar-refractivity contribution in [3.05, 3.63) is 186 Å². The molecule has 1 fully saturated rings. The van der Waals surface area contributed by atoms with E-state index in [1.165, 1.54) is 76.0 Å². The van der Waals surface area contributed by atoms with Crippen LogP contribution in [0.15, 0.2) is 134 Å². The first kappa shape index (κ1) is 45.7. The molecule has 0 bridgehead atoms. The lowest BCUT2D eigenvalue weighted by molar-refractivity contribution is -0.685. The third-order valence-corrected chi connectivity index (χ3v) is 19.1. The Hall–Kier alpha value is -5.70. The van der Waals surface area contributed by atoms with E-state index >= 15 is 0 Å². The zero-order valence-electron chi connectivity index (χ0n) is 37.0. The standard InChI is InChI=1S/C50H40F4N6O3S6/c1-4-59-42(68-44(46(59)61)48-56(3)36-22-32(63-50(52,53)54)16-18-37(36)66-48)25-41-58(27-30-13-9-6-10-14-30)28-39(65-41)33-23-35(33)60-43(24-40-57(19-20-64-40)26-29-11-7-5-8-12-29)69-45(47(60)62)49-55(2)34-17-15-31(51)21-38(34)67-49/h5-22,24-25,28,33,35H,4,23,26-27H2,1-3H3/q+2/b48-44+,49-45+. The Balaban J connectivity index is 1.00. The van der Waals surface area contributed by atoms with Crippen LogP contribution >= 0.6 is 68.9 Å². The smallest absolute Gasteiger partial charge is 0.406 e. The first-order valence-electron chi connectivity index (χ1n) is 21.8. The van der Waals surface area contributed by atoms with Crippen molar-refractivity contribution < 1.29 is 31.4 Å². The van der Waals surface area contributed by atoms with E-state index < -0.39 is 6.36 Å². The van der Waals surface area contributed by atoms with E-state index in [1.807, 2.05) is 59.8 Å². The van der Waals surface area contributed by atoms with E-state index in [-0.39, 0.29) is 34.6 Å². The molecular formula is C50H40F4N6O3S6+2. The number of fused-ring (bicyclic) bond motifs is 2. The van der Waals surface area contributed by atoms with Crippen molar-refractivity contribution in [1.29, 1.82) is 0 Å². The molecule has 11 rings (SSSR count). The van der Waals surface area contributed by atoms with Crippen LogP contribution in [0, 0.1) is 5.82 Å². The van der Waals surface area contributed by atoms with Crippen molar-refractivity contribution in [3.63, 3.8) is 0 Å². The molecule has 0 radical (unpaired) electrons. The summed E-state index contributed by atoms with van der Waals surface area (Å²) in [6.45, 7) is 3.59. The van der Waals surface area contributed by atoms with E-state index in [1.54, 1.807) is 51.3 Å². The summed E-state index contributed by atoms with van der Waals surface area (Å²) in [5, 5.41) is 5.41. The van der Waals surface area contributed by atoms with Crippen molar-refractivity contribution in [3.8, 4) is 5.75 Å². The minimum Gasteiger partial charge on any atom is -0.406 e. The third-order valence-electron chi connectivity index (χ3n) is 12.1. The van der Waals surface area contributed by atoms with Crippen LogP contribution < -0.4 is 53.2 Å². The molecule has 2 unspecified atom stereocenters. The number of rotatable bonds is 10. The van der Waals surface area contributed by atoms with Gasteiger partial charge in [0.25, 0.3) is 21.1 Å². The number of aromatic nitrogens is 4. The zero-order chi connectivity index (χ0) is 47.7. The van der Waals surface area contributed by atoms with Crippen molar-refractivity contribution >= 4 is 102 Å². The first-order valence-corrected chi connectivity index (χ1v) is 26.8. The molecule has 1 saturated carbocycles. The van der Waals surface area contributed by atoms with Crippen LogP contribution in [-0.2, 0) is 19.6 Å². The monoisotopic (exact) mass is 1040 g/mol. The summed E-state index contributed by atoms with van der Waals surface area (Å²) in [4.78, 5) is 35.5. The van der Waals surface area contributed by atoms with E-state index in [9.17, 15) is 27.2 Å². The summed E-state index contributed by atoms with van der Waals surface area (Å²) in [6.07, 6.45) is 4.35. The maximum Gasteiger partial charge on any atom is 0.573 e. The number of ether oxygens (including phenoxy) is 1. The molecule has 2 aliphatic heterocycles. The molecule has 4 aromatic carbocycles. The zero-order valence-corrected chi connectivity index (χ0v) is 41.9. The Morgan fingerprint density at radius 3 is 2.10 bits per heavy atom. The molecule has 1 aliphatic carbocycles. The molecule has 0 saturated heterocycles. The summed E-state index contributed by atoms with van der Waals surface area (Å²) in [5.41, 5.74) is 3.39. The molecule has 0 N–H and O–H groups in total. The lowest BCUT2D eigenvalue weighted by Crippen LogP contribution is -2.36. The predicted octanol–water partition coefficient (Wildman–Crippen LogP) is 7.99. The summed E-state index contributed by atoms with van der Waals surface area (Å²) in [7, 11) is 3.66. The second-order valence-corrected chi connectivity index (χ2v) is 22.8. The molecule has 9 nitrogen and oxygen atoms in total. The largest absolute Gasteiger partial charge is 0.573 e. The van der Waals surface area contributed by atoms with Gasteiger partial charge in [0.2, 0.25) is 0 Å². The van der Waals surface area contributed by atoms with Crippen LogP contribution in [0.2, 0.25) is 0 Å². The van der Waals surface area contributed by atoms with Gasteiger partial charge in [-0.05, 0) is 43.7 Å². The SMILES string of the molecule is CCn1c(=O)/c(=C2\Sc3ccc(OC(F)(F)F)cc3N2C)s/c1=C\c1sc(C2CC2n2c(=O)/c(=C3\Sc4cc(F)ccc4N3C)s/c2=C\c2scc[n+]2Cc2ccccc2)c[n+]1Cc1ccccc1. The Morgan fingerprint density at radius 1 is 0.739 bits per heavy atom. The molecule has 0 amide bonds. The van der Waals surface area contributed by atoms with Crippen LogP contribution in [0.25, 0.3) is 22.2 Å². The summed E-state index contributed by atoms with van der Waals surface area (Å²) in [5.74, 6) is -0.617. The first-order chi connectivity index (χ1) is 33.3. The number of thiazole rings is 4. The average Bonchev–Trinajstić information content (AvgIpc) is 3.80. The topological polar surface area (TPSA) is 67.5 Å². The number of anilines is 2. The number of benzene rings is 4. The van der Waals surface area contributed by atoms with E-state index in [0.717, 1.165) is 56.7 Å². The van der Waals surface area contributed by atoms with Gasteiger partial charge in [-0.15, -0.1) is 35.8 Å². The van der Waals surface area contributed by atoms with Gasteiger partial charge in [0.1, 0.15) is 40.0 Å². The molecule has 19 heteroatoms.